The molecule has 3 heteroatoms. The number of hydrogen-bond acceptors (Lipinski definition) is 3. The Bertz CT molecular complexity index is 689. The standard InChI is InChI=1S/C16H18O3/c1-4-11-9-15(18)19-16-12(11)7-8-14(17)13(16)6-5-10(2)3/h5,7-9,17H,4,6H2,1-3H3. The van der Waals surface area contributed by atoms with E-state index in [1.54, 1.807) is 12.1 Å². The molecule has 0 saturated carbocycles. The van der Waals surface area contributed by atoms with Crippen LogP contribution in [0, 0.1) is 0 Å². The van der Waals surface area contributed by atoms with Crippen LogP contribution in [0.2, 0.25) is 0 Å². The number of phenolic OH excluding ortho intramolecular Hbond substituents is 1. The first kappa shape index (κ1) is 13.4. The Morgan fingerprint density at radius 3 is 2.74 bits per heavy atom. The van der Waals surface area contributed by atoms with Gasteiger partial charge in [-0.2, -0.15) is 0 Å². The van der Waals surface area contributed by atoms with E-state index in [0.29, 0.717) is 17.6 Å². The molecule has 2 rings (SSSR count). The van der Waals surface area contributed by atoms with Crippen LogP contribution in [0.3, 0.4) is 0 Å². The van der Waals surface area contributed by atoms with E-state index in [4.69, 9.17) is 4.42 Å². The quantitative estimate of drug-likeness (QED) is 0.676. The topological polar surface area (TPSA) is 50.4 Å². The fraction of sp³-hybridized carbons (Fsp3) is 0.312. The normalized spacial score (nSPS) is 10.7. The third-order valence-corrected chi connectivity index (χ3v) is 3.17. The highest BCUT2D eigenvalue weighted by Crippen LogP contribution is 2.29. The molecule has 0 saturated heterocycles. The van der Waals surface area contributed by atoms with E-state index in [0.717, 1.165) is 22.9 Å². The number of phenols is 1. The van der Waals surface area contributed by atoms with Crippen LogP contribution in [-0.2, 0) is 12.8 Å². The number of rotatable bonds is 3. The Labute approximate surface area is 112 Å². The largest absolute Gasteiger partial charge is 0.508 e. The second kappa shape index (κ2) is 5.31. The number of hydrogen-bond donors (Lipinski definition) is 1. The van der Waals surface area contributed by atoms with Gasteiger partial charge in [-0.1, -0.05) is 18.6 Å². The zero-order chi connectivity index (χ0) is 14.0. The summed E-state index contributed by atoms with van der Waals surface area (Å²) >= 11 is 0. The highest BCUT2D eigenvalue weighted by molar-refractivity contribution is 5.85. The Hall–Kier alpha value is -2.03. The van der Waals surface area contributed by atoms with Crippen molar-refractivity contribution in [3.63, 3.8) is 0 Å². The maximum Gasteiger partial charge on any atom is 0.336 e. The van der Waals surface area contributed by atoms with Gasteiger partial charge in [-0.25, -0.2) is 4.79 Å². The lowest BCUT2D eigenvalue weighted by Gasteiger charge is -2.08. The zero-order valence-corrected chi connectivity index (χ0v) is 11.5. The lowest BCUT2D eigenvalue weighted by atomic mass is 10.0. The van der Waals surface area contributed by atoms with Crippen LogP contribution in [0.15, 0.2) is 39.1 Å². The molecule has 0 unspecified atom stereocenters. The molecule has 0 fully saturated rings. The SMILES string of the molecule is CCc1cc(=O)oc2c(CC=C(C)C)c(O)ccc12. The molecule has 0 aliphatic carbocycles. The van der Waals surface area contributed by atoms with Crippen molar-refractivity contribution in [1.82, 2.24) is 0 Å². The Balaban J connectivity index is 2.74. The minimum atomic E-state index is -0.367. The van der Waals surface area contributed by atoms with Crippen molar-refractivity contribution in [2.24, 2.45) is 0 Å². The molecule has 100 valence electrons. The molecule has 0 spiro atoms. The summed E-state index contributed by atoms with van der Waals surface area (Å²) in [6.07, 6.45) is 3.32. The van der Waals surface area contributed by atoms with E-state index in [1.165, 1.54) is 6.07 Å². The molecule has 0 bridgehead atoms. The molecule has 0 aliphatic rings. The van der Waals surface area contributed by atoms with E-state index in [-0.39, 0.29) is 11.4 Å². The minimum absolute atomic E-state index is 0.168. The molecule has 1 aromatic heterocycles. The predicted molar refractivity (Wildman–Crippen MR) is 76.7 cm³/mol. The van der Waals surface area contributed by atoms with Crippen LogP contribution in [-0.4, -0.2) is 5.11 Å². The lowest BCUT2D eigenvalue weighted by molar-refractivity contribution is 0.466. The van der Waals surface area contributed by atoms with Crippen molar-refractivity contribution in [3.8, 4) is 5.75 Å². The summed E-state index contributed by atoms with van der Waals surface area (Å²) in [5, 5.41) is 10.9. The first-order chi connectivity index (χ1) is 9.02. The van der Waals surface area contributed by atoms with Crippen molar-refractivity contribution in [3.05, 3.63) is 51.4 Å². The van der Waals surface area contributed by atoms with Crippen LogP contribution < -0.4 is 5.63 Å². The van der Waals surface area contributed by atoms with E-state index in [2.05, 4.69) is 0 Å². The third-order valence-electron chi connectivity index (χ3n) is 3.17. The maximum atomic E-state index is 11.6. The average Bonchev–Trinajstić information content (AvgIpc) is 2.36. The molecule has 1 N–H and O–H groups in total. The molecule has 3 nitrogen and oxygen atoms in total. The number of allylic oxidation sites excluding steroid dienone is 2. The predicted octanol–water partition coefficient (Wildman–Crippen LogP) is 3.57. The first-order valence-corrected chi connectivity index (χ1v) is 6.44. The van der Waals surface area contributed by atoms with Gasteiger partial charge in [0.15, 0.2) is 0 Å². The van der Waals surface area contributed by atoms with Gasteiger partial charge in [-0.15, -0.1) is 0 Å². The fourth-order valence-electron chi connectivity index (χ4n) is 2.13. The minimum Gasteiger partial charge on any atom is -0.508 e. The summed E-state index contributed by atoms with van der Waals surface area (Å²) in [4.78, 5) is 11.6. The van der Waals surface area contributed by atoms with Crippen molar-refractivity contribution < 1.29 is 9.52 Å². The number of fused-ring (bicyclic) bond motifs is 1. The van der Waals surface area contributed by atoms with Gasteiger partial charge in [0.25, 0.3) is 0 Å². The van der Waals surface area contributed by atoms with Gasteiger partial charge >= 0.3 is 5.63 Å². The molecular weight excluding hydrogens is 240 g/mol. The summed E-state index contributed by atoms with van der Waals surface area (Å²) in [5.74, 6) is 0.168. The van der Waals surface area contributed by atoms with Crippen LogP contribution in [0.25, 0.3) is 11.0 Å². The van der Waals surface area contributed by atoms with Gasteiger partial charge in [0, 0.05) is 17.0 Å². The maximum absolute atomic E-state index is 11.6. The van der Waals surface area contributed by atoms with Gasteiger partial charge in [-0.05, 0) is 44.4 Å². The van der Waals surface area contributed by atoms with Crippen LogP contribution in [0.1, 0.15) is 31.9 Å². The molecule has 0 radical (unpaired) electrons. The fourth-order valence-corrected chi connectivity index (χ4v) is 2.13. The number of aromatic hydroxyl groups is 1. The molecule has 0 amide bonds. The summed E-state index contributed by atoms with van der Waals surface area (Å²) in [7, 11) is 0. The van der Waals surface area contributed by atoms with Gasteiger partial charge in [-0.3, -0.25) is 0 Å². The van der Waals surface area contributed by atoms with Gasteiger partial charge < -0.3 is 9.52 Å². The smallest absolute Gasteiger partial charge is 0.336 e. The average molecular weight is 258 g/mol. The van der Waals surface area contributed by atoms with E-state index < -0.39 is 0 Å². The van der Waals surface area contributed by atoms with Crippen molar-refractivity contribution in [2.45, 2.75) is 33.6 Å². The van der Waals surface area contributed by atoms with Gasteiger partial charge in [0.05, 0.1) is 0 Å². The van der Waals surface area contributed by atoms with Crippen LogP contribution in [0.4, 0.5) is 0 Å². The van der Waals surface area contributed by atoms with E-state index >= 15 is 0 Å². The lowest BCUT2D eigenvalue weighted by Crippen LogP contribution is -2.01. The summed E-state index contributed by atoms with van der Waals surface area (Å²) < 4.78 is 5.30. The van der Waals surface area contributed by atoms with E-state index in [1.807, 2.05) is 26.8 Å². The van der Waals surface area contributed by atoms with Crippen LogP contribution in [0.5, 0.6) is 5.75 Å². The second-order valence-electron chi connectivity index (χ2n) is 4.87. The third kappa shape index (κ3) is 2.70. The highest BCUT2D eigenvalue weighted by atomic mass is 16.4. The summed E-state index contributed by atoms with van der Waals surface area (Å²) in [6.45, 7) is 5.99. The van der Waals surface area contributed by atoms with Gasteiger partial charge in [0.2, 0.25) is 0 Å². The summed E-state index contributed by atoms with van der Waals surface area (Å²) in [5.41, 5.74) is 2.91. The van der Waals surface area contributed by atoms with Crippen molar-refractivity contribution in [1.29, 1.82) is 0 Å². The molecule has 0 aliphatic heterocycles. The van der Waals surface area contributed by atoms with Gasteiger partial charge in [0.1, 0.15) is 11.3 Å². The van der Waals surface area contributed by atoms with Crippen molar-refractivity contribution in [2.75, 3.05) is 0 Å². The molecule has 0 atom stereocenters. The molecular formula is C16H18O3. The Kier molecular flexibility index (Phi) is 3.74. The molecule has 19 heavy (non-hydrogen) atoms. The Morgan fingerprint density at radius 1 is 1.37 bits per heavy atom. The monoisotopic (exact) mass is 258 g/mol. The van der Waals surface area contributed by atoms with Crippen molar-refractivity contribution >= 4 is 11.0 Å². The molecule has 1 heterocycles. The van der Waals surface area contributed by atoms with Crippen LogP contribution >= 0.6 is 0 Å². The molecule has 2 aromatic rings. The Morgan fingerprint density at radius 2 is 2.11 bits per heavy atom. The van der Waals surface area contributed by atoms with E-state index in [9.17, 15) is 9.90 Å². The second-order valence-corrected chi connectivity index (χ2v) is 4.87. The highest BCUT2D eigenvalue weighted by Gasteiger charge is 2.12. The zero-order valence-electron chi connectivity index (χ0n) is 11.5. The first-order valence-electron chi connectivity index (χ1n) is 6.44. The number of benzene rings is 1. The number of aryl methyl sites for hydroxylation is 1. The summed E-state index contributed by atoms with van der Waals surface area (Å²) in [6, 6.07) is 4.98. The molecule has 1 aromatic carbocycles.